The van der Waals surface area contributed by atoms with Gasteiger partial charge in [0.2, 0.25) is 11.6 Å². The maximum absolute atomic E-state index is 12.8. The maximum atomic E-state index is 12.8. The second-order valence-electron chi connectivity index (χ2n) is 6.97. The topological polar surface area (TPSA) is 141 Å². The molecule has 1 amide bonds. The largest absolute Gasteiger partial charge is 0.497 e. The Morgan fingerprint density at radius 3 is 2.50 bits per heavy atom. The summed E-state index contributed by atoms with van der Waals surface area (Å²) in [7, 11) is 2.97. The van der Waals surface area contributed by atoms with Crippen LogP contribution in [0.15, 0.2) is 67.0 Å². The molecule has 3 aromatic carbocycles. The van der Waals surface area contributed by atoms with E-state index in [1.165, 1.54) is 14.2 Å². The summed E-state index contributed by atoms with van der Waals surface area (Å²) in [4.78, 5) is 32.0. The number of amides is 1. The van der Waals surface area contributed by atoms with Crippen LogP contribution >= 0.6 is 0 Å². The Kier molecular flexibility index (Phi) is 6.35. The van der Waals surface area contributed by atoms with Crippen LogP contribution < -0.4 is 25.6 Å². The number of carbonyl (C=O) groups is 1. The molecule has 1 aromatic heterocycles. The van der Waals surface area contributed by atoms with Crippen molar-refractivity contribution in [2.45, 2.75) is 0 Å². The van der Waals surface area contributed by atoms with Crippen LogP contribution in [-0.2, 0) is 0 Å². The van der Waals surface area contributed by atoms with Crippen molar-refractivity contribution in [3.05, 3.63) is 82.7 Å². The molecular weight excluding hydrogens is 440 g/mol. The fraction of sp³-hybridized carbons (Fsp3) is 0.0870. The molecule has 11 heteroatoms. The Morgan fingerprint density at radius 1 is 0.971 bits per heavy atom. The summed E-state index contributed by atoms with van der Waals surface area (Å²) in [6.07, 6.45) is 1.13. The molecule has 4 aromatic rings. The van der Waals surface area contributed by atoms with Gasteiger partial charge in [-0.05, 0) is 29.0 Å². The molecule has 0 aliphatic rings. The number of nitro groups is 1. The van der Waals surface area contributed by atoms with Gasteiger partial charge in [0.25, 0.3) is 5.91 Å². The fourth-order valence-corrected chi connectivity index (χ4v) is 3.38. The van der Waals surface area contributed by atoms with Crippen molar-refractivity contribution in [1.29, 1.82) is 0 Å². The zero-order chi connectivity index (χ0) is 24.1. The van der Waals surface area contributed by atoms with E-state index in [-0.39, 0.29) is 11.6 Å². The lowest BCUT2D eigenvalue weighted by Crippen LogP contribution is -2.30. The molecule has 172 valence electrons. The van der Waals surface area contributed by atoms with Crippen molar-refractivity contribution < 1.29 is 19.2 Å². The van der Waals surface area contributed by atoms with Gasteiger partial charge >= 0.3 is 5.69 Å². The second kappa shape index (κ2) is 9.69. The van der Waals surface area contributed by atoms with E-state index in [1.54, 1.807) is 30.3 Å². The van der Waals surface area contributed by atoms with E-state index in [2.05, 4.69) is 26.1 Å². The number of hydrazine groups is 1. The van der Waals surface area contributed by atoms with Crippen LogP contribution in [0.2, 0.25) is 0 Å². The molecule has 0 atom stereocenters. The number of hydrogen-bond donors (Lipinski definition) is 3. The number of nitrogens with zero attached hydrogens (tertiary/aromatic N) is 3. The first-order valence-electron chi connectivity index (χ1n) is 10.0. The van der Waals surface area contributed by atoms with Crippen LogP contribution in [-0.4, -0.2) is 35.0 Å². The minimum atomic E-state index is -0.651. The van der Waals surface area contributed by atoms with Crippen LogP contribution in [0.4, 0.5) is 23.0 Å². The molecule has 3 N–H and O–H groups in total. The number of benzene rings is 3. The molecule has 0 unspecified atom stereocenters. The number of rotatable bonds is 8. The minimum absolute atomic E-state index is 0.103. The molecule has 11 nitrogen and oxygen atoms in total. The van der Waals surface area contributed by atoms with E-state index < -0.39 is 16.5 Å². The minimum Gasteiger partial charge on any atom is -0.497 e. The van der Waals surface area contributed by atoms with E-state index >= 15 is 0 Å². The van der Waals surface area contributed by atoms with Gasteiger partial charge in [-0.25, -0.2) is 9.97 Å². The van der Waals surface area contributed by atoms with Crippen molar-refractivity contribution in [1.82, 2.24) is 15.4 Å². The van der Waals surface area contributed by atoms with Crippen molar-refractivity contribution in [2.24, 2.45) is 0 Å². The highest BCUT2D eigenvalue weighted by atomic mass is 16.6. The number of hydrogen-bond acceptors (Lipinski definition) is 9. The summed E-state index contributed by atoms with van der Waals surface area (Å²) < 4.78 is 10.5. The first kappa shape index (κ1) is 22.3. The molecule has 0 aliphatic carbocycles. The number of fused-ring (bicyclic) bond motifs is 1. The molecule has 34 heavy (non-hydrogen) atoms. The zero-order valence-corrected chi connectivity index (χ0v) is 18.2. The van der Waals surface area contributed by atoms with Gasteiger partial charge in [-0.3, -0.25) is 25.8 Å². The Hall–Kier alpha value is -4.93. The first-order chi connectivity index (χ1) is 16.5. The summed E-state index contributed by atoms with van der Waals surface area (Å²) in [5, 5.41) is 16.4. The average Bonchev–Trinajstić information content (AvgIpc) is 2.86. The molecular formula is C23H20N6O5. The maximum Gasteiger partial charge on any atom is 0.355 e. The summed E-state index contributed by atoms with van der Waals surface area (Å²) >= 11 is 0. The van der Waals surface area contributed by atoms with Crippen LogP contribution in [0.1, 0.15) is 10.4 Å². The van der Waals surface area contributed by atoms with Gasteiger partial charge in [-0.1, -0.05) is 36.4 Å². The molecule has 0 bridgehead atoms. The van der Waals surface area contributed by atoms with Gasteiger partial charge in [0.15, 0.2) is 0 Å². The summed E-state index contributed by atoms with van der Waals surface area (Å²) in [6.45, 7) is 0. The van der Waals surface area contributed by atoms with Gasteiger partial charge in [-0.15, -0.1) is 0 Å². The second-order valence-corrected chi connectivity index (χ2v) is 6.97. The summed E-state index contributed by atoms with van der Waals surface area (Å²) in [6, 6.07) is 17.7. The van der Waals surface area contributed by atoms with E-state index in [0.29, 0.717) is 22.7 Å². The normalized spacial score (nSPS) is 10.4. The molecule has 4 rings (SSSR count). The number of nitrogens with one attached hydrogen (secondary N) is 3. The Bertz CT molecular complexity index is 1370. The van der Waals surface area contributed by atoms with E-state index in [1.807, 2.05) is 30.3 Å². The highest BCUT2D eigenvalue weighted by Crippen LogP contribution is 2.36. The number of carbonyl (C=O) groups excluding carboxylic acids is 1. The number of ether oxygens (including phenoxy) is 2. The predicted octanol–water partition coefficient (Wildman–Crippen LogP) is 4.06. The Morgan fingerprint density at radius 2 is 1.74 bits per heavy atom. The van der Waals surface area contributed by atoms with Crippen LogP contribution in [0.3, 0.4) is 0 Å². The van der Waals surface area contributed by atoms with Crippen molar-refractivity contribution in [3.63, 3.8) is 0 Å². The third kappa shape index (κ3) is 4.48. The molecule has 0 aliphatic heterocycles. The number of anilines is 3. The molecule has 0 spiro atoms. The summed E-state index contributed by atoms with van der Waals surface area (Å²) in [5.74, 6) is 0.160. The monoisotopic (exact) mass is 460 g/mol. The average molecular weight is 460 g/mol. The predicted molar refractivity (Wildman–Crippen MR) is 127 cm³/mol. The molecule has 0 fully saturated rings. The van der Waals surface area contributed by atoms with Gasteiger partial charge in [0, 0.05) is 11.6 Å². The molecule has 0 saturated heterocycles. The third-order valence-corrected chi connectivity index (χ3v) is 4.99. The Labute approximate surface area is 193 Å². The van der Waals surface area contributed by atoms with Crippen molar-refractivity contribution >= 4 is 39.7 Å². The van der Waals surface area contributed by atoms with Gasteiger partial charge in [0.05, 0.1) is 24.8 Å². The van der Waals surface area contributed by atoms with Crippen molar-refractivity contribution in [3.8, 4) is 11.5 Å². The SMILES string of the molecule is COc1ccc(OC)c(Nc2ncnc(NNC(=O)c3cccc4ccccc34)c2[N+](=O)[O-])c1. The lowest BCUT2D eigenvalue weighted by Gasteiger charge is -2.14. The lowest BCUT2D eigenvalue weighted by molar-refractivity contribution is -0.383. The van der Waals surface area contributed by atoms with Gasteiger partial charge in [0.1, 0.15) is 17.8 Å². The van der Waals surface area contributed by atoms with Crippen LogP contribution in [0.5, 0.6) is 11.5 Å². The highest BCUT2D eigenvalue weighted by molar-refractivity contribution is 6.07. The van der Waals surface area contributed by atoms with E-state index in [9.17, 15) is 14.9 Å². The fourth-order valence-electron chi connectivity index (χ4n) is 3.38. The van der Waals surface area contributed by atoms with Gasteiger partial charge < -0.3 is 14.8 Å². The molecule has 0 saturated carbocycles. The highest BCUT2D eigenvalue weighted by Gasteiger charge is 2.25. The van der Waals surface area contributed by atoms with Crippen LogP contribution in [0.25, 0.3) is 10.8 Å². The summed E-state index contributed by atoms with van der Waals surface area (Å²) in [5.41, 5.74) is 5.36. The number of methoxy groups -OCH3 is 2. The number of aromatic nitrogens is 2. The zero-order valence-electron chi connectivity index (χ0n) is 18.2. The van der Waals surface area contributed by atoms with E-state index in [0.717, 1.165) is 17.1 Å². The Balaban J connectivity index is 1.62. The van der Waals surface area contributed by atoms with Crippen molar-refractivity contribution in [2.75, 3.05) is 25.0 Å². The molecule has 0 radical (unpaired) electrons. The molecule has 1 heterocycles. The lowest BCUT2D eigenvalue weighted by atomic mass is 10.0. The smallest absolute Gasteiger partial charge is 0.355 e. The standard InChI is InChI=1S/C23H20N6O5/c1-33-15-10-11-19(34-2)18(12-15)26-21-20(29(31)32)22(25-13-24-21)27-28-23(30)17-9-5-7-14-6-3-4-8-16(14)17/h3-13H,1-2H3,(H,28,30)(H2,24,25,26,27). The quantitative estimate of drug-likeness (QED) is 0.262. The first-order valence-corrected chi connectivity index (χ1v) is 10.0. The van der Waals surface area contributed by atoms with Gasteiger partial charge in [-0.2, -0.15) is 0 Å². The van der Waals surface area contributed by atoms with E-state index in [4.69, 9.17) is 9.47 Å². The third-order valence-electron chi connectivity index (χ3n) is 4.99. The van der Waals surface area contributed by atoms with Crippen LogP contribution in [0, 0.1) is 10.1 Å².